The van der Waals surface area contributed by atoms with Gasteiger partial charge in [0.05, 0.1) is 11.1 Å². The average molecular weight is 418 g/mol. The molecular weight excluding hydrogens is 406 g/mol. The normalized spacial score (nSPS) is 13.1. The van der Waals surface area contributed by atoms with E-state index in [4.69, 9.17) is 0 Å². The van der Waals surface area contributed by atoms with E-state index in [0.29, 0.717) is 44.1 Å². The van der Waals surface area contributed by atoms with Gasteiger partial charge in [-0.05, 0) is 36.8 Å². The monoisotopic (exact) mass is 417 g/mol. The Morgan fingerprint density at radius 1 is 0.815 bits per heavy atom. The molecule has 1 aliphatic carbocycles. The van der Waals surface area contributed by atoms with Gasteiger partial charge in [0.1, 0.15) is 0 Å². The Morgan fingerprint density at radius 2 is 1.48 bits per heavy atom. The number of benzene rings is 3. The van der Waals surface area contributed by atoms with Gasteiger partial charge in [-0.2, -0.15) is 0 Å². The fraction of sp³-hybridized carbons (Fsp3) is 0.0455. The van der Waals surface area contributed by atoms with Gasteiger partial charge in [-0.3, -0.25) is 14.4 Å². The number of carbonyl (C=O) groups is 2. The third-order valence-electron chi connectivity index (χ3n) is 5.13. The van der Waals surface area contributed by atoms with E-state index in [2.05, 4.69) is 20.9 Å². The highest BCUT2D eigenvalue weighted by Gasteiger charge is 2.33. The second kappa shape index (κ2) is 5.47. The van der Waals surface area contributed by atoms with Crippen molar-refractivity contribution in [1.82, 2.24) is 4.98 Å². The molecule has 4 aromatic rings. The number of hydrogen-bond acceptors (Lipinski definition) is 3. The molecule has 0 amide bonds. The largest absolute Gasteiger partial charge is 0.354 e. The molecule has 0 radical (unpaired) electrons. The fourth-order valence-corrected chi connectivity index (χ4v) is 4.25. The predicted octanol–water partition coefficient (Wildman–Crippen LogP) is 4.53. The molecular formula is C22H12BrNO3. The van der Waals surface area contributed by atoms with Crippen LogP contribution in [-0.2, 0) is 0 Å². The first-order valence-electron chi connectivity index (χ1n) is 8.44. The van der Waals surface area contributed by atoms with E-state index in [1.807, 2.05) is 6.07 Å². The Labute approximate surface area is 162 Å². The third-order valence-corrected chi connectivity index (χ3v) is 5.62. The van der Waals surface area contributed by atoms with E-state index < -0.39 is 0 Å². The van der Waals surface area contributed by atoms with E-state index in [1.54, 1.807) is 49.4 Å². The SMILES string of the molecule is Cc1cc2c(=O)c3cc(Br)ccc3[nH]c2c2c1C(=O)c1ccccc1C2=O. The lowest BCUT2D eigenvalue weighted by molar-refractivity contribution is 0.0979. The number of aromatic amines is 1. The van der Waals surface area contributed by atoms with Crippen LogP contribution in [0.15, 0.2) is 57.8 Å². The molecule has 0 saturated carbocycles. The van der Waals surface area contributed by atoms with Gasteiger partial charge in [-0.25, -0.2) is 0 Å². The minimum absolute atomic E-state index is 0.162. The van der Waals surface area contributed by atoms with Crippen molar-refractivity contribution >= 4 is 49.3 Å². The molecule has 1 heterocycles. The quantitative estimate of drug-likeness (QED) is 0.376. The minimum Gasteiger partial charge on any atom is -0.354 e. The lowest BCUT2D eigenvalue weighted by atomic mass is 9.80. The molecule has 5 heteroatoms. The summed E-state index contributed by atoms with van der Waals surface area (Å²) in [4.78, 5) is 42.6. The van der Waals surface area contributed by atoms with Crippen molar-refractivity contribution in [1.29, 1.82) is 0 Å². The Morgan fingerprint density at radius 3 is 2.19 bits per heavy atom. The van der Waals surface area contributed by atoms with Crippen LogP contribution in [0.5, 0.6) is 0 Å². The number of ketones is 2. The number of fused-ring (bicyclic) bond motifs is 5. The zero-order valence-corrected chi connectivity index (χ0v) is 15.8. The second-order valence-electron chi connectivity index (χ2n) is 6.71. The molecule has 0 bridgehead atoms. The minimum atomic E-state index is -0.235. The first-order chi connectivity index (χ1) is 13.0. The summed E-state index contributed by atoms with van der Waals surface area (Å²) >= 11 is 3.39. The van der Waals surface area contributed by atoms with Gasteiger partial charge in [0.2, 0.25) is 0 Å². The predicted molar refractivity (Wildman–Crippen MR) is 108 cm³/mol. The van der Waals surface area contributed by atoms with Crippen LogP contribution in [0, 0.1) is 6.92 Å². The molecule has 0 spiro atoms. The second-order valence-corrected chi connectivity index (χ2v) is 7.63. The molecule has 0 aliphatic heterocycles. The summed E-state index contributed by atoms with van der Waals surface area (Å²) < 4.78 is 0.801. The molecule has 0 fully saturated rings. The van der Waals surface area contributed by atoms with Gasteiger partial charge in [-0.15, -0.1) is 0 Å². The summed E-state index contributed by atoms with van der Waals surface area (Å²) in [5, 5.41) is 0.948. The maximum absolute atomic E-state index is 13.2. The van der Waals surface area contributed by atoms with Gasteiger partial charge >= 0.3 is 0 Å². The van der Waals surface area contributed by atoms with E-state index in [1.165, 1.54) is 0 Å². The van der Waals surface area contributed by atoms with Crippen LogP contribution in [0.25, 0.3) is 21.8 Å². The van der Waals surface area contributed by atoms with E-state index in [0.717, 1.165) is 4.47 Å². The van der Waals surface area contributed by atoms with Crippen molar-refractivity contribution in [3.63, 3.8) is 0 Å². The molecule has 0 atom stereocenters. The van der Waals surface area contributed by atoms with Crippen molar-refractivity contribution in [3.05, 3.63) is 91.0 Å². The van der Waals surface area contributed by atoms with Crippen LogP contribution in [0.1, 0.15) is 37.4 Å². The Kier molecular flexibility index (Phi) is 3.27. The third kappa shape index (κ3) is 2.12. The molecule has 4 nitrogen and oxygen atoms in total. The maximum atomic E-state index is 13.2. The number of halogens is 1. The lowest BCUT2D eigenvalue weighted by Crippen LogP contribution is -2.23. The van der Waals surface area contributed by atoms with E-state index >= 15 is 0 Å². The zero-order chi connectivity index (χ0) is 18.9. The summed E-state index contributed by atoms with van der Waals surface area (Å²) in [5.41, 5.74) is 2.96. The summed E-state index contributed by atoms with van der Waals surface area (Å²) in [6.45, 7) is 1.77. The van der Waals surface area contributed by atoms with Crippen molar-refractivity contribution in [2.75, 3.05) is 0 Å². The number of nitrogens with one attached hydrogen (secondary N) is 1. The Hall–Kier alpha value is -3.05. The molecule has 0 unspecified atom stereocenters. The number of H-pyrrole nitrogens is 1. The molecule has 1 N–H and O–H groups in total. The van der Waals surface area contributed by atoms with Crippen LogP contribution in [0.3, 0.4) is 0 Å². The fourth-order valence-electron chi connectivity index (χ4n) is 3.89. The lowest BCUT2D eigenvalue weighted by Gasteiger charge is -2.21. The smallest absolute Gasteiger partial charge is 0.197 e. The Balaban J connectivity index is 1.99. The van der Waals surface area contributed by atoms with Crippen LogP contribution in [0.4, 0.5) is 0 Å². The summed E-state index contributed by atoms with van der Waals surface area (Å²) in [7, 11) is 0. The summed E-state index contributed by atoms with van der Waals surface area (Å²) in [5.74, 6) is -0.419. The van der Waals surface area contributed by atoms with Gasteiger partial charge in [0.15, 0.2) is 17.0 Å². The van der Waals surface area contributed by atoms with E-state index in [-0.39, 0.29) is 22.6 Å². The van der Waals surface area contributed by atoms with E-state index in [9.17, 15) is 14.4 Å². The first-order valence-corrected chi connectivity index (χ1v) is 9.24. The van der Waals surface area contributed by atoms with Crippen molar-refractivity contribution in [2.45, 2.75) is 6.92 Å². The highest BCUT2D eigenvalue weighted by atomic mass is 79.9. The van der Waals surface area contributed by atoms with Crippen LogP contribution < -0.4 is 5.43 Å². The standard InChI is InChI=1S/C22H12BrNO3/c1-10-8-15-19(24-16-7-6-11(23)9-14(16)20(15)25)18-17(10)21(26)12-4-2-3-5-13(12)22(18)27/h2-9H,1H3,(H,24,25). The zero-order valence-electron chi connectivity index (χ0n) is 14.2. The van der Waals surface area contributed by atoms with Gasteiger partial charge in [0.25, 0.3) is 0 Å². The number of rotatable bonds is 0. The molecule has 1 aliphatic rings. The topological polar surface area (TPSA) is 67.0 Å². The Bertz CT molecular complexity index is 1400. The number of hydrogen-bond donors (Lipinski definition) is 1. The number of aryl methyl sites for hydroxylation is 1. The summed E-state index contributed by atoms with van der Waals surface area (Å²) in [6.07, 6.45) is 0. The van der Waals surface area contributed by atoms with Crippen molar-refractivity contribution in [3.8, 4) is 0 Å². The van der Waals surface area contributed by atoms with Gasteiger partial charge < -0.3 is 4.98 Å². The summed E-state index contributed by atoms with van der Waals surface area (Å²) in [6, 6.07) is 13.9. The molecule has 3 aromatic carbocycles. The number of pyridine rings is 1. The molecule has 5 rings (SSSR count). The van der Waals surface area contributed by atoms with Crippen molar-refractivity contribution < 1.29 is 9.59 Å². The molecule has 1 aromatic heterocycles. The van der Waals surface area contributed by atoms with Gasteiger partial charge in [0, 0.05) is 37.5 Å². The van der Waals surface area contributed by atoms with Crippen molar-refractivity contribution in [2.24, 2.45) is 0 Å². The highest BCUT2D eigenvalue weighted by Crippen LogP contribution is 2.34. The molecule has 27 heavy (non-hydrogen) atoms. The van der Waals surface area contributed by atoms with Gasteiger partial charge in [-0.1, -0.05) is 40.2 Å². The molecule has 0 saturated heterocycles. The first kappa shape index (κ1) is 16.1. The van der Waals surface area contributed by atoms with Crippen LogP contribution in [-0.4, -0.2) is 16.6 Å². The number of carbonyl (C=O) groups excluding carboxylic acids is 2. The van der Waals surface area contributed by atoms with Crippen LogP contribution >= 0.6 is 15.9 Å². The van der Waals surface area contributed by atoms with Crippen LogP contribution in [0.2, 0.25) is 0 Å². The maximum Gasteiger partial charge on any atom is 0.197 e. The molecule has 130 valence electrons. The average Bonchev–Trinajstić information content (AvgIpc) is 2.67. The highest BCUT2D eigenvalue weighted by molar-refractivity contribution is 9.10. The number of aromatic nitrogens is 1.